The van der Waals surface area contributed by atoms with Crippen molar-refractivity contribution in [2.24, 2.45) is 5.41 Å². The van der Waals surface area contributed by atoms with E-state index in [1.54, 1.807) is 6.07 Å². The van der Waals surface area contributed by atoms with Crippen LogP contribution in [0.15, 0.2) is 35.1 Å². The third-order valence-corrected chi connectivity index (χ3v) is 4.99. The normalized spacial score (nSPS) is 15.1. The maximum atomic E-state index is 12.4. The smallest absolute Gasteiger partial charge is 0.189 e. The maximum absolute atomic E-state index is 12.4. The van der Waals surface area contributed by atoms with Gasteiger partial charge in [0.25, 0.3) is 0 Å². The Morgan fingerprint density at radius 3 is 2.33 bits per heavy atom. The van der Waals surface area contributed by atoms with Crippen molar-refractivity contribution < 1.29 is 0 Å². The Hall–Kier alpha value is -1.57. The van der Waals surface area contributed by atoms with Gasteiger partial charge in [0.1, 0.15) is 0 Å². The van der Waals surface area contributed by atoms with Gasteiger partial charge >= 0.3 is 0 Å². The first-order valence-corrected chi connectivity index (χ1v) is 7.94. The van der Waals surface area contributed by atoms with Crippen LogP contribution in [0.25, 0.3) is 10.9 Å². The number of para-hydroxylation sites is 1. The van der Waals surface area contributed by atoms with Crippen molar-refractivity contribution in [3.05, 3.63) is 46.2 Å². The van der Waals surface area contributed by atoms with Crippen molar-refractivity contribution in [3.63, 3.8) is 0 Å². The Morgan fingerprint density at radius 2 is 1.71 bits per heavy atom. The third kappa shape index (κ3) is 3.20. The standard InChI is InChI=1S/C19H27NO/c1-6-18(3,4)13-19(5,7-2)17-12-16(21)14-10-8-9-11-15(14)20-17/h8-12H,6-7,13H2,1-5H3,(H,20,21). The Kier molecular flexibility index (Phi) is 4.27. The van der Waals surface area contributed by atoms with Crippen LogP contribution in [-0.4, -0.2) is 4.98 Å². The van der Waals surface area contributed by atoms with Crippen LogP contribution >= 0.6 is 0 Å². The van der Waals surface area contributed by atoms with Gasteiger partial charge in [0.15, 0.2) is 5.43 Å². The molecule has 1 aromatic carbocycles. The highest BCUT2D eigenvalue weighted by Crippen LogP contribution is 2.40. The Morgan fingerprint density at radius 1 is 1.05 bits per heavy atom. The molecule has 0 aliphatic carbocycles. The zero-order valence-corrected chi connectivity index (χ0v) is 13.9. The van der Waals surface area contributed by atoms with Gasteiger partial charge in [-0.25, -0.2) is 0 Å². The zero-order chi connectivity index (χ0) is 15.7. The SMILES string of the molecule is CCC(C)(C)CC(C)(CC)c1cc(=O)c2ccccc2[nH]1. The molecule has 1 atom stereocenters. The molecular formula is C19H27NO. The highest BCUT2D eigenvalue weighted by molar-refractivity contribution is 5.78. The number of hydrogen-bond donors (Lipinski definition) is 1. The summed E-state index contributed by atoms with van der Waals surface area (Å²) in [5.74, 6) is 0. The van der Waals surface area contributed by atoms with Crippen LogP contribution in [-0.2, 0) is 5.41 Å². The lowest BCUT2D eigenvalue weighted by Gasteiger charge is -2.36. The average molecular weight is 285 g/mol. The van der Waals surface area contributed by atoms with Gasteiger partial charge in [-0.05, 0) is 30.4 Å². The van der Waals surface area contributed by atoms with E-state index >= 15 is 0 Å². The summed E-state index contributed by atoms with van der Waals surface area (Å²) in [6.07, 6.45) is 3.23. The number of fused-ring (bicyclic) bond motifs is 1. The van der Waals surface area contributed by atoms with Crippen molar-refractivity contribution in [3.8, 4) is 0 Å². The van der Waals surface area contributed by atoms with Gasteiger partial charge in [0.2, 0.25) is 0 Å². The Bertz CT molecular complexity index is 683. The van der Waals surface area contributed by atoms with Crippen molar-refractivity contribution in [2.45, 2.75) is 59.3 Å². The minimum Gasteiger partial charge on any atom is -0.358 e. The third-order valence-electron chi connectivity index (χ3n) is 4.99. The fourth-order valence-corrected chi connectivity index (χ4v) is 3.11. The van der Waals surface area contributed by atoms with E-state index in [1.165, 1.54) is 0 Å². The molecule has 1 heterocycles. The maximum Gasteiger partial charge on any atom is 0.189 e. The molecule has 0 fully saturated rings. The summed E-state index contributed by atoms with van der Waals surface area (Å²) < 4.78 is 0. The molecule has 0 saturated carbocycles. The van der Waals surface area contributed by atoms with Crippen molar-refractivity contribution in [1.29, 1.82) is 0 Å². The van der Waals surface area contributed by atoms with Gasteiger partial charge < -0.3 is 4.98 Å². The second-order valence-corrected chi connectivity index (χ2v) is 7.20. The highest BCUT2D eigenvalue weighted by Gasteiger charge is 2.32. The number of nitrogens with one attached hydrogen (secondary N) is 1. The first-order valence-electron chi connectivity index (χ1n) is 7.94. The van der Waals surface area contributed by atoms with Gasteiger partial charge in [-0.2, -0.15) is 0 Å². The number of benzene rings is 1. The topological polar surface area (TPSA) is 32.9 Å². The lowest BCUT2D eigenvalue weighted by Crippen LogP contribution is -2.30. The molecule has 2 heteroatoms. The zero-order valence-electron chi connectivity index (χ0n) is 13.9. The highest BCUT2D eigenvalue weighted by atomic mass is 16.1. The summed E-state index contributed by atoms with van der Waals surface area (Å²) in [6, 6.07) is 9.56. The number of aromatic amines is 1. The van der Waals surface area contributed by atoms with Gasteiger partial charge in [-0.1, -0.05) is 53.2 Å². The van der Waals surface area contributed by atoms with E-state index in [1.807, 2.05) is 24.3 Å². The molecule has 0 aliphatic heterocycles. The van der Waals surface area contributed by atoms with Gasteiger partial charge in [0, 0.05) is 28.1 Å². The van der Waals surface area contributed by atoms with Gasteiger partial charge in [-0.3, -0.25) is 4.79 Å². The van der Waals surface area contributed by atoms with Crippen LogP contribution in [0.1, 0.15) is 59.6 Å². The minimum atomic E-state index is 0.00268. The quantitative estimate of drug-likeness (QED) is 0.821. The van der Waals surface area contributed by atoms with Crippen LogP contribution in [0.4, 0.5) is 0 Å². The lowest BCUT2D eigenvalue weighted by atomic mass is 9.69. The molecule has 0 aliphatic rings. The molecule has 1 aromatic heterocycles. The van der Waals surface area contributed by atoms with Crippen molar-refractivity contribution >= 4 is 10.9 Å². The monoisotopic (exact) mass is 285 g/mol. The van der Waals surface area contributed by atoms with E-state index in [4.69, 9.17) is 0 Å². The summed E-state index contributed by atoms with van der Waals surface area (Å²) in [5, 5.41) is 0.773. The Labute approximate surface area is 127 Å². The summed E-state index contributed by atoms with van der Waals surface area (Å²) >= 11 is 0. The number of pyridine rings is 1. The summed E-state index contributed by atoms with van der Waals surface area (Å²) in [7, 11) is 0. The molecule has 1 unspecified atom stereocenters. The summed E-state index contributed by atoms with van der Waals surface area (Å²) in [6.45, 7) is 11.3. The summed E-state index contributed by atoms with van der Waals surface area (Å²) in [5.41, 5.74) is 2.40. The fourth-order valence-electron chi connectivity index (χ4n) is 3.11. The number of aromatic nitrogens is 1. The van der Waals surface area contributed by atoms with E-state index in [0.29, 0.717) is 0 Å². The first-order chi connectivity index (χ1) is 9.81. The molecule has 2 nitrogen and oxygen atoms in total. The molecule has 0 radical (unpaired) electrons. The van der Waals surface area contributed by atoms with Crippen LogP contribution in [0.5, 0.6) is 0 Å². The molecule has 0 saturated heterocycles. The van der Waals surface area contributed by atoms with E-state index in [0.717, 1.165) is 35.9 Å². The molecule has 114 valence electrons. The minimum absolute atomic E-state index is 0.00268. The number of hydrogen-bond acceptors (Lipinski definition) is 1. The largest absolute Gasteiger partial charge is 0.358 e. The molecule has 0 amide bonds. The molecule has 1 N–H and O–H groups in total. The lowest BCUT2D eigenvalue weighted by molar-refractivity contribution is 0.227. The van der Waals surface area contributed by atoms with E-state index in [2.05, 4.69) is 39.6 Å². The molecule has 21 heavy (non-hydrogen) atoms. The predicted octanol–water partition coefficient (Wildman–Crippen LogP) is 5.02. The molecule has 0 spiro atoms. The van der Waals surface area contributed by atoms with E-state index in [-0.39, 0.29) is 16.3 Å². The molecule has 2 aromatic rings. The molecule has 2 rings (SSSR count). The van der Waals surface area contributed by atoms with Crippen molar-refractivity contribution in [1.82, 2.24) is 4.98 Å². The van der Waals surface area contributed by atoms with E-state index in [9.17, 15) is 4.79 Å². The van der Waals surface area contributed by atoms with Crippen LogP contribution in [0.3, 0.4) is 0 Å². The van der Waals surface area contributed by atoms with Crippen LogP contribution in [0, 0.1) is 5.41 Å². The van der Waals surface area contributed by atoms with Gasteiger partial charge in [-0.15, -0.1) is 0 Å². The molecule has 0 bridgehead atoms. The number of H-pyrrole nitrogens is 1. The Balaban J connectivity index is 2.54. The van der Waals surface area contributed by atoms with Crippen LogP contribution in [0.2, 0.25) is 0 Å². The van der Waals surface area contributed by atoms with Crippen LogP contribution < -0.4 is 5.43 Å². The second kappa shape index (κ2) is 5.67. The number of rotatable bonds is 5. The second-order valence-electron chi connectivity index (χ2n) is 7.20. The predicted molar refractivity (Wildman–Crippen MR) is 90.9 cm³/mol. The first kappa shape index (κ1) is 15.8. The van der Waals surface area contributed by atoms with Gasteiger partial charge in [0.05, 0.1) is 0 Å². The van der Waals surface area contributed by atoms with E-state index < -0.39 is 0 Å². The average Bonchev–Trinajstić information content (AvgIpc) is 2.46. The summed E-state index contributed by atoms with van der Waals surface area (Å²) in [4.78, 5) is 15.9. The fraction of sp³-hybridized carbons (Fsp3) is 0.526. The van der Waals surface area contributed by atoms with Crippen molar-refractivity contribution in [2.75, 3.05) is 0 Å². The molecular weight excluding hydrogens is 258 g/mol.